The first kappa shape index (κ1) is 18.7. The standard InChI is InChI=1S/C18H21BrN2O2S/c1-3-7-15-12(4-2)10-16(24-15)18(23)20-11-17(22)21-14-9-6-5-8-13(14)19/h5-6,8-10H,3-4,7,11H2,1-2H3,(H,20,23)(H,21,22). The van der Waals surface area contributed by atoms with Gasteiger partial charge in [0.2, 0.25) is 5.91 Å². The monoisotopic (exact) mass is 408 g/mol. The molecule has 0 unspecified atom stereocenters. The van der Waals surface area contributed by atoms with Crippen LogP contribution in [0.3, 0.4) is 0 Å². The molecule has 0 aliphatic heterocycles. The molecule has 0 saturated heterocycles. The van der Waals surface area contributed by atoms with Gasteiger partial charge < -0.3 is 10.6 Å². The van der Waals surface area contributed by atoms with Crippen LogP contribution in [-0.2, 0) is 17.6 Å². The van der Waals surface area contributed by atoms with E-state index in [1.54, 1.807) is 6.07 Å². The lowest BCUT2D eigenvalue weighted by atomic mass is 10.1. The van der Waals surface area contributed by atoms with Crippen LogP contribution in [0, 0.1) is 0 Å². The van der Waals surface area contributed by atoms with Crippen LogP contribution in [0.5, 0.6) is 0 Å². The summed E-state index contributed by atoms with van der Waals surface area (Å²) in [6, 6.07) is 9.30. The number of amides is 2. The van der Waals surface area contributed by atoms with Crippen LogP contribution in [0.1, 0.15) is 40.4 Å². The second kappa shape index (κ2) is 8.99. The fourth-order valence-corrected chi connectivity index (χ4v) is 3.98. The second-order valence-electron chi connectivity index (χ2n) is 5.37. The van der Waals surface area contributed by atoms with E-state index in [0.717, 1.165) is 23.7 Å². The minimum atomic E-state index is -0.253. The van der Waals surface area contributed by atoms with E-state index in [2.05, 4.69) is 40.4 Å². The van der Waals surface area contributed by atoms with Crippen LogP contribution >= 0.6 is 27.3 Å². The van der Waals surface area contributed by atoms with E-state index < -0.39 is 0 Å². The van der Waals surface area contributed by atoms with E-state index in [1.807, 2.05) is 24.3 Å². The summed E-state index contributed by atoms with van der Waals surface area (Å²) < 4.78 is 0.805. The van der Waals surface area contributed by atoms with Crippen LogP contribution in [0.2, 0.25) is 0 Å². The number of thiophene rings is 1. The number of para-hydroxylation sites is 1. The zero-order valence-corrected chi connectivity index (χ0v) is 16.2. The molecule has 0 atom stereocenters. The highest BCUT2D eigenvalue weighted by Crippen LogP contribution is 2.24. The van der Waals surface area contributed by atoms with Gasteiger partial charge in [0.25, 0.3) is 5.91 Å². The Balaban J connectivity index is 1.93. The summed E-state index contributed by atoms with van der Waals surface area (Å²) in [4.78, 5) is 26.2. The van der Waals surface area contributed by atoms with Crippen molar-refractivity contribution >= 4 is 44.8 Å². The number of hydrogen-bond acceptors (Lipinski definition) is 3. The molecule has 2 N–H and O–H groups in total. The summed E-state index contributed by atoms with van der Waals surface area (Å²) in [6.45, 7) is 4.17. The number of carbonyl (C=O) groups is 2. The highest BCUT2D eigenvalue weighted by Gasteiger charge is 2.14. The highest BCUT2D eigenvalue weighted by atomic mass is 79.9. The lowest BCUT2D eigenvalue weighted by molar-refractivity contribution is -0.115. The molecule has 24 heavy (non-hydrogen) atoms. The van der Waals surface area contributed by atoms with Crippen molar-refractivity contribution in [3.63, 3.8) is 0 Å². The third-order valence-electron chi connectivity index (χ3n) is 3.54. The van der Waals surface area contributed by atoms with Crippen molar-refractivity contribution in [3.05, 3.63) is 50.1 Å². The molecule has 6 heteroatoms. The van der Waals surface area contributed by atoms with E-state index >= 15 is 0 Å². The van der Waals surface area contributed by atoms with Gasteiger partial charge in [-0.15, -0.1) is 11.3 Å². The smallest absolute Gasteiger partial charge is 0.261 e. The SMILES string of the molecule is CCCc1sc(C(=O)NCC(=O)Nc2ccccc2Br)cc1CC. The Hall–Kier alpha value is -1.66. The molecule has 4 nitrogen and oxygen atoms in total. The van der Waals surface area contributed by atoms with Crippen molar-refractivity contribution in [2.24, 2.45) is 0 Å². The van der Waals surface area contributed by atoms with Crippen molar-refractivity contribution in [2.75, 3.05) is 11.9 Å². The first-order chi connectivity index (χ1) is 11.5. The fourth-order valence-electron chi connectivity index (χ4n) is 2.32. The molecule has 1 aromatic carbocycles. The lowest BCUT2D eigenvalue weighted by Gasteiger charge is -2.07. The van der Waals surface area contributed by atoms with Crippen LogP contribution < -0.4 is 10.6 Å². The third kappa shape index (κ3) is 4.92. The Morgan fingerprint density at radius 1 is 1.21 bits per heavy atom. The Morgan fingerprint density at radius 2 is 1.96 bits per heavy atom. The summed E-state index contributed by atoms with van der Waals surface area (Å²) >= 11 is 4.90. The van der Waals surface area contributed by atoms with Gasteiger partial charge in [0.1, 0.15) is 0 Å². The molecule has 1 aromatic heterocycles. The normalized spacial score (nSPS) is 10.5. The Kier molecular flexibility index (Phi) is 6.99. The number of carbonyl (C=O) groups excluding carboxylic acids is 2. The third-order valence-corrected chi connectivity index (χ3v) is 5.46. The van der Waals surface area contributed by atoms with Gasteiger partial charge in [-0.05, 0) is 52.5 Å². The number of benzene rings is 1. The molecule has 0 bridgehead atoms. The van der Waals surface area contributed by atoms with Crippen LogP contribution in [-0.4, -0.2) is 18.4 Å². The first-order valence-electron chi connectivity index (χ1n) is 7.99. The van der Waals surface area contributed by atoms with Crippen molar-refractivity contribution in [2.45, 2.75) is 33.1 Å². The molecular formula is C18H21BrN2O2S. The van der Waals surface area contributed by atoms with Crippen LogP contribution in [0.25, 0.3) is 0 Å². The first-order valence-corrected chi connectivity index (χ1v) is 9.60. The highest BCUT2D eigenvalue weighted by molar-refractivity contribution is 9.10. The summed E-state index contributed by atoms with van der Waals surface area (Å²) in [5.74, 6) is -0.448. The molecule has 0 aliphatic rings. The molecule has 2 aromatic rings. The minimum Gasteiger partial charge on any atom is -0.342 e. The quantitative estimate of drug-likeness (QED) is 0.713. The molecule has 0 aliphatic carbocycles. The Morgan fingerprint density at radius 3 is 2.62 bits per heavy atom. The molecule has 128 valence electrons. The molecule has 2 amide bonds. The van der Waals surface area contributed by atoms with E-state index in [1.165, 1.54) is 21.8 Å². The van der Waals surface area contributed by atoms with Gasteiger partial charge in [-0.25, -0.2) is 0 Å². The summed E-state index contributed by atoms with van der Waals surface area (Å²) in [5.41, 5.74) is 1.91. The number of rotatable bonds is 7. The number of nitrogens with one attached hydrogen (secondary N) is 2. The van der Waals surface area contributed by atoms with E-state index in [-0.39, 0.29) is 18.4 Å². The van der Waals surface area contributed by atoms with Crippen molar-refractivity contribution in [3.8, 4) is 0 Å². The largest absolute Gasteiger partial charge is 0.342 e. The average Bonchev–Trinajstić information content (AvgIpc) is 2.98. The molecular weight excluding hydrogens is 388 g/mol. The average molecular weight is 409 g/mol. The lowest BCUT2D eigenvalue weighted by Crippen LogP contribution is -2.32. The number of anilines is 1. The molecule has 0 fully saturated rings. The van der Waals surface area contributed by atoms with Crippen LogP contribution in [0.15, 0.2) is 34.8 Å². The summed E-state index contributed by atoms with van der Waals surface area (Å²) in [7, 11) is 0. The van der Waals surface area contributed by atoms with E-state index in [9.17, 15) is 9.59 Å². The van der Waals surface area contributed by atoms with Crippen molar-refractivity contribution < 1.29 is 9.59 Å². The maximum absolute atomic E-state index is 12.3. The Bertz CT molecular complexity index is 728. The Labute approximate surface area is 154 Å². The van der Waals surface area contributed by atoms with Gasteiger partial charge in [0.15, 0.2) is 0 Å². The maximum Gasteiger partial charge on any atom is 0.261 e. The molecule has 1 heterocycles. The van der Waals surface area contributed by atoms with Gasteiger partial charge in [-0.3, -0.25) is 9.59 Å². The fraction of sp³-hybridized carbons (Fsp3) is 0.333. The molecule has 0 saturated carbocycles. The minimum absolute atomic E-state index is 0.0529. The predicted molar refractivity (Wildman–Crippen MR) is 103 cm³/mol. The topological polar surface area (TPSA) is 58.2 Å². The number of hydrogen-bond donors (Lipinski definition) is 2. The van der Waals surface area contributed by atoms with Gasteiger partial charge in [0, 0.05) is 9.35 Å². The summed E-state index contributed by atoms with van der Waals surface area (Å²) in [6.07, 6.45) is 2.97. The number of aryl methyl sites for hydroxylation is 2. The molecule has 2 rings (SSSR count). The van der Waals surface area contributed by atoms with Gasteiger partial charge in [-0.1, -0.05) is 32.4 Å². The molecule has 0 spiro atoms. The zero-order chi connectivity index (χ0) is 17.5. The second-order valence-corrected chi connectivity index (χ2v) is 7.36. The summed E-state index contributed by atoms with van der Waals surface area (Å²) in [5, 5.41) is 5.46. The van der Waals surface area contributed by atoms with Crippen molar-refractivity contribution in [1.29, 1.82) is 0 Å². The van der Waals surface area contributed by atoms with Gasteiger partial charge in [0.05, 0.1) is 17.1 Å². The van der Waals surface area contributed by atoms with Gasteiger partial charge in [-0.2, -0.15) is 0 Å². The van der Waals surface area contributed by atoms with E-state index in [4.69, 9.17) is 0 Å². The van der Waals surface area contributed by atoms with Gasteiger partial charge >= 0.3 is 0 Å². The maximum atomic E-state index is 12.3. The van der Waals surface area contributed by atoms with Crippen molar-refractivity contribution in [1.82, 2.24) is 5.32 Å². The molecule has 0 radical (unpaired) electrons. The zero-order valence-electron chi connectivity index (χ0n) is 13.8. The number of halogens is 1. The predicted octanol–water partition coefficient (Wildman–Crippen LogP) is 4.39. The van der Waals surface area contributed by atoms with E-state index in [0.29, 0.717) is 10.6 Å². The van der Waals surface area contributed by atoms with Crippen LogP contribution in [0.4, 0.5) is 5.69 Å².